The van der Waals surface area contributed by atoms with Gasteiger partial charge in [0.2, 0.25) is 10.0 Å². The van der Waals surface area contributed by atoms with Gasteiger partial charge in [-0.1, -0.05) is 30.3 Å². The first kappa shape index (κ1) is 17.9. The van der Waals surface area contributed by atoms with E-state index in [0.29, 0.717) is 12.0 Å². The van der Waals surface area contributed by atoms with Crippen LogP contribution < -0.4 is 4.74 Å². The van der Waals surface area contributed by atoms with Gasteiger partial charge in [-0.25, -0.2) is 8.42 Å². The van der Waals surface area contributed by atoms with Gasteiger partial charge < -0.3 is 9.84 Å². The van der Waals surface area contributed by atoms with E-state index in [-0.39, 0.29) is 10.9 Å². The summed E-state index contributed by atoms with van der Waals surface area (Å²) in [6.07, 6.45) is -0.444. The average Bonchev–Trinajstić information content (AvgIpc) is 2.60. The molecule has 2 aromatic carbocycles. The van der Waals surface area contributed by atoms with E-state index >= 15 is 0 Å². The zero-order valence-corrected chi connectivity index (χ0v) is 15.4. The lowest BCUT2D eigenvalue weighted by Gasteiger charge is -2.41. The molecule has 3 rings (SSSR count). The topological polar surface area (TPSA) is 66.8 Å². The van der Waals surface area contributed by atoms with Gasteiger partial charge >= 0.3 is 0 Å². The van der Waals surface area contributed by atoms with Gasteiger partial charge in [0.25, 0.3) is 0 Å². The summed E-state index contributed by atoms with van der Waals surface area (Å²) < 4.78 is 32.8. The SMILES string of the molecule is COc1ccc(C[C@@H]2[C@@H](O)c3ccccc3S(=O)(=O)N2C(C)C)cc1. The molecule has 2 atom stereocenters. The van der Waals surface area contributed by atoms with E-state index in [2.05, 4.69) is 0 Å². The molecule has 1 aliphatic heterocycles. The highest BCUT2D eigenvalue weighted by molar-refractivity contribution is 7.89. The molecular weight excluding hydrogens is 338 g/mol. The molecule has 1 aliphatic rings. The Labute approximate surface area is 148 Å². The van der Waals surface area contributed by atoms with Crippen molar-refractivity contribution in [1.82, 2.24) is 4.31 Å². The van der Waals surface area contributed by atoms with Crippen LogP contribution in [0.1, 0.15) is 31.1 Å². The molecule has 0 radical (unpaired) electrons. The second kappa shape index (κ2) is 6.78. The monoisotopic (exact) mass is 361 g/mol. The van der Waals surface area contributed by atoms with Crippen molar-refractivity contribution in [2.24, 2.45) is 0 Å². The molecule has 0 aromatic heterocycles. The number of rotatable bonds is 4. The standard InChI is InChI=1S/C19H23NO4S/c1-13(2)20-17(12-14-8-10-15(24-3)11-9-14)19(21)16-6-4-5-7-18(16)25(20,22)23/h4-11,13,17,19,21H,12H2,1-3H3/t17-,19+/m1/s1. The first-order chi connectivity index (χ1) is 11.9. The molecule has 0 aliphatic carbocycles. The lowest BCUT2D eigenvalue weighted by atomic mass is 9.95. The number of fused-ring (bicyclic) bond motifs is 1. The summed E-state index contributed by atoms with van der Waals surface area (Å²) in [6, 6.07) is 13.4. The van der Waals surface area contributed by atoms with E-state index in [0.717, 1.165) is 11.3 Å². The van der Waals surface area contributed by atoms with Crippen LogP contribution in [-0.4, -0.2) is 37.0 Å². The molecule has 2 aromatic rings. The summed E-state index contributed by atoms with van der Waals surface area (Å²) in [7, 11) is -2.05. The minimum absolute atomic E-state index is 0.196. The predicted molar refractivity (Wildman–Crippen MR) is 96.0 cm³/mol. The fourth-order valence-corrected chi connectivity index (χ4v) is 5.53. The van der Waals surface area contributed by atoms with Gasteiger partial charge in [0, 0.05) is 11.6 Å². The van der Waals surface area contributed by atoms with Crippen LogP contribution in [0.2, 0.25) is 0 Å². The molecule has 0 saturated carbocycles. The minimum atomic E-state index is -3.65. The highest BCUT2D eigenvalue weighted by Gasteiger charge is 2.44. The van der Waals surface area contributed by atoms with Gasteiger partial charge in [-0.15, -0.1) is 0 Å². The Morgan fingerprint density at radius 1 is 1.12 bits per heavy atom. The fraction of sp³-hybridized carbons (Fsp3) is 0.368. The number of methoxy groups -OCH3 is 1. The van der Waals surface area contributed by atoms with Crippen LogP contribution in [-0.2, 0) is 16.4 Å². The third-order valence-corrected chi connectivity index (χ3v) is 6.77. The van der Waals surface area contributed by atoms with Crippen molar-refractivity contribution in [1.29, 1.82) is 0 Å². The fourth-order valence-electron chi connectivity index (χ4n) is 3.46. The summed E-state index contributed by atoms with van der Waals surface area (Å²) in [5, 5.41) is 10.9. The molecule has 6 heteroatoms. The van der Waals surface area contributed by atoms with E-state index < -0.39 is 22.2 Å². The number of hydrogen-bond donors (Lipinski definition) is 1. The summed E-state index contributed by atoms with van der Waals surface area (Å²) in [6.45, 7) is 3.67. The molecule has 0 bridgehead atoms. The molecule has 0 unspecified atom stereocenters. The van der Waals surface area contributed by atoms with Crippen molar-refractivity contribution >= 4 is 10.0 Å². The van der Waals surface area contributed by atoms with E-state index in [4.69, 9.17) is 4.74 Å². The molecule has 25 heavy (non-hydrogen) atoms. The van der Waals surface area contributed by atoms with Gasteiger partial charge in [0.1, 0.15) is 5.75 Å². The van der Waals surface area contributed by atoms with Crippen molar-refractivity contribution < 1.29 is 18.3 Å². The largest absolute Gasteiger partial charge is 0.497 e. The van der Waals surface area contributed by atoms with Gasteiger partial charge in [0.15, 0.2) is 0 Å². The molecule has 0 fully saturated rings. The number of ether oxygens (including phenoxy) is 1. The second-order valence-corrected chi connectivity index (χ2v) is 8.34. The number of aliphatic hydroxyl groups is 1. The minimum Gasteiger partial charge on any atom is -0.497 e. The maximum Gasteiger partial charge on any atom is 0.244 e. The quantitative estimate of drug-likeness (QED) is 0.909. The number of benzene rings is 2. The van der Waals surface area contributed by atoms with E-state index in [1.165, 1.54) is 4.31 Å². The number of hydrogen-bond acceptors (Lipinski definition) is 4. The third-order valence-electron chi connectivity index (χ3n) is 4.60. The van der Waals surface area contributed by atoms with Gasteiger partial charge in [-0.3, -0.25) is 0 Å². The molecule has 0 spiro atoms. The van der Waals surface area contributed by atoms with Crippen LogP contribution in [0.15, 0.2) is 53.4 Å². The Morgan fingerprint density at radius 2 is 1.76 bits per heavy atom. The molecule has 5 nitrogen and oxygen atoms in total. The summed E-state index contributed by atoms with van der Waals surface area (Å²) in [5.41, 5.74) is 1.42. The number of nitrogens with zero attached hydrogens (tertiary/aromatic N) is 1. The van der Waals surface area contributed by atoms with Gasteiger partial charge in [-0.2, -0.15) is 4.31 Å². The van der Waals surface area contributed by atoms with E-state index in [1.807, 2.05) is 38.1 Å². The van der Waals surface area contributed by atoms with Crippen molar-refractivity contribution in [3.05, 3.63) is 59.7 Å². The zero-order valence-electron chi connectivity index (χ0n) is 14.6. The van der Waals surface area contributed by atoms with Crippen molar-refractivity contribution in [3.63, 3.8) is 0 Å². The molecular formula is C19H23NO4S. The van der Waals surface area contributed by atoms with Crippen LogP contribution in [0, 0.1) is 0 Å². The smallest absolute Gasteiger partial charge is 0.244 e. The third kappa shape index (κ3) is 3.17. The van der Waals surface area contributed by atoms with Crippen LogP contribution in [0.4, 0.5) is 0 Å². The van der Waals surface area contributed by atoms with E-state index in [1.54, 1.807) is 31.4 Å². The molecule has 1 heterocycles. The highest BCUT2D eigenvalue weighted by Crippen LogP contribution is 2.39. The maximum absolute atomic E-state index is 13.1. The Bertz CT molecular complexity index is 846. The lowest BCUT2D eigenvalue weighted by molar-refractivity contribution is 0.0685. The lowest BCUT2D eigenvalue weighted by Crippen LogP contribution is -2.52. The molecule has 134 valence electrons. The zero-order chi connectivity index (χ0) is 18.2. The van der Waals surface area contributed by atoms with Crippen LogP contribution in [0.3, 0.4) is 0 Å². The van der Waals surface area contributed by atoms with Crippen molar-refractivity contribution in [3.8, 4) is 5.75 Å². The molecule has 1 N–H and O–H groups in total. The van der Waals surface area contributed by atoms with E-state index in [9.17, 15) is 13.5 Å². The average molecular weight is 361 g/mol. The van der Waals surface area contributed by atoms with Crippen LogP contribution >= 0.6 is 0 Å². The Hall–Kier alpha value is -1.89. The molecule has 0 amide bonds. The predicted octanol–water partition coefficient (Wildman–Crippen LogP) is 2.75. The Kier molecular flexibility index (Phi) is 4.86. The van der Waals surface area contributed by atoms with Crippen LogP contribution in [0.5, 0.6) is 5.75 Å². The maximum atomic E-state index is 13.1. The molecule has 0 saturated heterocycles. The van der Waals surface area contributed by atoms with Gasteiger partial charge in [0.05, 0.1) is 24.2 Å². The Balaban J connectivity index is 2.04. The second-order valence-electron chi connectivity index (χ2n) is 6.53. The normalized spacial score (nSPS) is 22.6. The number of sulfonamides is 1. The van der Waals surface area contributed by atoms with Gasteiger partial charge in [-0.05, 0) is 44.0 Å². The van der Waals surface area contributed by atoms with Crippen molar-refractivity contribution in [2.45, 2.75) is 43.4 Å². The first-order valence-corrected chi connectivity index (χ1v) is 9.73. The summed E-state index contributed by atoms with van der Waals surface area (Å²) >= 11 is 0. The number of aliphatic hydroxyl groups excluding tert-OH is 1. The Morgan fingerprint density at radius 3 is 2.36 bits per heavy atom. The summed E-state index contributed by atoms with van der Waals surface area (Å²) in [5.74, 6) is 0.742. The highest BCUT2D eigenvalue weighted by atomic mass is 32.2. The summed E-state index contributed by atoms with van der Waals surface area (Å²) in [4.78, 5) is 0.196. The van der Waals surface area contributed by atoms with Crippen molar-refractivity contribution in [2.75, 3.05) is 7.11 Å². The van der Waals surface area contributed by atoms with Crippen LogP contribution in [0.25, 0.3) is 0 Å². The first-order valence-electron chi connectivity index (χ1n) is 8.29.